The molecule has 0 bridgehead atoms. The second-order valence-corrected chi connectivity index (χ2v) is 5.10. The van der Waals surface area contributed by atoms with E-state index in [0.717, 1.165) is 5.56 Å². The molecule has 1 aromatic carbocycles. The van der Waals surface area contributed by atoms with Crippen molar-refractivity contribution in [2.75, 3.05) is 6.54 Å². The van der Waals surface area contributed by atoms with Crippen LogP contribution in [0.5, 0.6) is 0 Å². The van der Waals surface area contributed by atoms with E-state index in [1.807, 2.05) is 37.3 Å². The third-order valence-corrected chi connectivity index (χ3v) is 3.42. The van der Waals surface area contributed by atoms with Crippen LogP contribution in [0.3, 0.4) is 0 Å². The summed E-state index contributed by atoms with van der Waals surface area (Å²) < 4.78 is 5.07. The molecule has 0 aliphatic carbocycles. The van der Waals surface area contributed by atoms with Crippen molar-refractivity contribution in [1.29, 1.82) is 0 Å². The largest absolute Gasteiger partial charge is 0.469 e. The first-order valence-corrected chi connectivity index (χ1v) is 7.24. The number of amides is 2. The number of hydrogen-bond donors (Lipinski definition) is 2. The van der Waals surface area contributed by atoms with E-state index in [4.69, 9.17) is 4.42 Å². The normalized spacial score (nSPS) is 11.7. The van der Waals surface area contributed by atoms with Crippen molar-refractivity contribution in [3.8, 4) is 0 Å². The number of benzene rings is 1. The van der Waals surface area contributed by atoms with Gasteiger partial charge in [0.05, 0.1) is 17.9 Å². The van der Waals surface area contributed by atoms with Gasteiger partial charge in [-0.3, -0.25) is 9.59 Å². The summed E-state index contributed by atoms with van der Waals surface area (Å²) in [6, 6.07) is 11.3. The lowest BCUT2D eigenvalue weighted by atomic mass is 10.1. The van der Waals surface area contributed by atoms with E-state index in [0.29, 0.717) is 11.3 Å². The van der Waals surface area contributed by atoms with Crippen molar-refractivity contribution < 1.29 is 14.0 Å². The van der Waals surface area contributed by atoms with Crippen LogP contribution in [0.25, 0.3) is 0 Å². The molecule has 0 spiro atoms. The second-order valence-electron chi connectivity index (χ2n) is 5.10. The van der Waals surface area contributed by atoms with Gasteiger partial charge in [0.25, 0.3) is 5.91 Å². The van der Waals surface area contributed by atoms with Crippen LogP contribution in [-0.2, 0) is 4.79 Å². The van der Waals surface area contributed by atoms with E-state index in [2.05, 4.69) is 10.6 Å². The number of carbonyl (C=O) groups is 2. The lowest BCUT2D eigenvalue weighted by Gasteiger charge is -2.14. The Balaban J connectivity index is 1.74. The zero-order chi connectivity index (χ0) is 15.9. The van der Waals surface area contributed by atoms with Gasteiger partial charge < -0.3 is 15.1 Å². The van der Waals surface area contributed by atoms with Crippen molar-refractivity contribution in [1.82, 2.24) is 10.6 Å². The van der Waals surface area contributed by atoms with E-state index in [1.54, 1.807) is 13.0 Å². The first-order chi connectivity index (χ1) is 10.6. The molecule has 1 aromatic heterocycles. The van der Waals surface area contributed by atoms with Gasteiger partial charge in [0.2, 0.25) is 5.91 Å². The molecule has 1 heterocycles. The smallest absolute Gasteiger partial charge is 0.254 e. The molecule has 0 radical (unpaired) electrons. The summed E-state index contributed by atoms with van der Waals surface area (Å²) in [5, 5.41) is 5.62. The maximum atomic E-state index is 11.9. The van der Waals surface area contributed by atoms with Crippen LogP contribution in [0, 0.1) is 6.92 Å². The predicted molar refractivity (Wildman–Crippen MR) is 83.4 cm³/mol. The van der Waals surface area contributed by atoms with Crippen LogP contribution in [0.15, 0.2) is 47.1 Å². The third kappa shape index (κ3) is 4.22. The average molecular weight is 300 g/mol. The SMILES string of the molecule is Cc1occc1C(=O)NCCC(=O)NC(C)c1ccccc1. The van der Waals surface area contributed by atoms with Crippen molar-refractivity contribution in [2.24, 2.45) is 0 Å². The Morgan fingerprint density at radius 2 is 1.91 bits per heavy atom. The van der Waals surface area contributed by atoms with Crippen LogP contribution < -0.4 is 10.6 Å². The molecule has 2 amide bonds. The van der Waals surface area contributed by atoms with Gasteiger partial charge in [0.1, 0.15) is 5.76 Å². The van der Waals surface area contributed by atoms with Crippen LogP contribution >= 0.6 is 0 Å². The molecule has 5 heteroatoms. The van der Waals surface area contributed by atoms with Gasteiger partial charge in [-0.2, -0.15) is 0 Å². The summed E-state index contributed by atoms with van der Waals surface area (Å²) in [4.78, 5) is 23.7. The molecule has 2 aromatic rings. The highest BCUT2D eigenvalue weighted by Gasteiger charge is 2.12. The molecule has 2 N–H and O–H groups in total. The zero-order valence-electron chi connectivity index (χ0n) is 12.8. The molecule has 5 nitrogen and oxygen atoms in total. The number of rotatable bonds is 6. The molecule has 0 aliphatic heterocycles. The lowest BCUT2D eigenvalue weighted by Crippen LogP contribution is -2.32. The van der Waals surface area contributed by atoms with Gasteiger partial charge in [-0.1, -0.05) is 30.3 Å². The van der Waals surface area contributed by atoms with Crippen molar-refractivity contribution >= 4 is 11.8 Å². The minimum absolute atomic E-state index is 0.0551. The molecule has 22 heavy (non-hydrogen) atoms. The predicted octanol–water partition coefficient (Wildman–Crippen LogP) is 2.59. The fourth-order valence-electron chi connectivity index (χ4n) is 2.14. The second kappa shape index (κ2) is 7.45. The maximum Gasteiger partial charge on any atom is 0.254 e. The summed E-state index contributed by atoms with van der Waals surface area (Å²) >= 11 is 0. The summed E-state index contributed by atoms with van der Waals surface area (Å²) in [5.74, 6) is 0.246. The number of hydrogen-bond acceptors (Lipinski definition) is 3. The molecule has 1 unspecified atom stereocenters. The molecular weight excluding hydrogens is 280 g/mol. The fourth-order valence-corrected chi connectivity index (χ4v) is 2.14. The Kier molecular flexibility index (Phi) is 5.36. The quantitative estimate of drug-likeness (QED) is 0.861. The summed E-state index contributed by atoms with van der Waals surface area (Å²) in [5.41, 5.74) is 1.55. The Morgan fingerprint density at radius 3 is 2.55 bits per heavy atom. The summed E-state index contributed by atoms with van der Waals surface area (Å²) in [6.07, 6.45) is 1.71. The van der Waals surface area contributed by atoms with Gasteiger partial charge in [0.15, 0.2) is 0 Å². The highest BCUT2D eigenvalue weighted by Crippen LogP contribution is 2.11. The van der Waals surface area contributed by atoms with Gasteiger partial charge in [-0.15, -0.1) is 0 Å². The Morgan fingerprint density at radius 1 is 1.18 bits per heavy atom. The molecule has 1 atom stereocenters. The van der Waals surface area contributed by atoms with Crippen molar-refractivity contribution in [3.63, 3.8) is 0 Å². The Labute approximate surface area is 129 Å². The van der Waals surface area contributed by atoms with E-state index in [9.17, 15) is 9.59 Å². The number of furan rings is 1. The highest BCUT2D eigenvalue weighted by molar-refractivity contribution is 5.95. The topological polar surface area (TPSA) is 71.3 Å². The minimum atomic E-state index is -0.227. The third-order valence-electron chi connectivity index (χ3n) is 3.42. The lowest BCUT2D eigenvalue weighted by molar-refractivity contribution is -0.121. The maximum absolute atomic E-state index is 11.9. The summed E-state index contributed by atoms with van der Waals surface area (Å²) in [6.45, 7) is 3.95. The molecule has 0 fully saturated rings. The number of carbonyl (C=O) groups excluding carboxylic acids is 2. The monoisotopic (exact) mass is 300 g/mol. The van der Waals surface area contributed by atoms with Crippen LogP contribution in [0.4, 0.5) is 0 Å². The van der Waals surface area contributed by atoms with E-state index < -0.39 is 0 Å². The van der Waals surface area contributed by atoms with Gasteiger partial charge in [-0.05, 0) is 25.5 Å². The highest BCUT2D eigenvalue weighted by atomic mass is 16.3. The Bertz CT molecular complexity index is 634. The van der Waals surface area contributed by atoms with Gasteiger partial charge >= 0.3 is 0 Å². The van der Waals surface area contributed by atoms with E-state index in [-0.39, 0.29) is 30.8 Å². The molecule has 0 aliphatic rings. The van der Waals surface area contributed by atoms with E-state index in [1.165, 1.54) is 6.26 Å². The van der Waals surface area contributed by atoms with E-state index >= 15 is 0 Å². The standard InChI is InChI=1S/C17H20N2O3/c1-12(14-6-4-3-5-7-14)19-16(20)8-10-18-17(21)15-9-11-22-13(15)2/h3-7,9,11-12H,8,10H2,1-2H3,(H,18,21)(H,19,20). The fraction of sp³-hybridized carbons (Fsp3) is 0.294. The molecule has 0 saturated heterocycles. The van der Waals surface area contributed by atoms with Crippen LogP contribution in [0.2, 0.25) is 0 Å². The Hall–Kier alpha value is -2.56. The van der Waals surface area contributed by atoms with Crippen LogP contribution in [-0.4, -0.2) is 18.4 Å². The zero-order valence-corrected chi connectivity index (χ0v) is 12.8. The van der Waals surface area contributed by atoms with Crippen LogP contribution in [0.1, 0.15) is 41.1 Å². The van der Waals surface area contributed by atoms with Crippen molar-refractivity contribution in [2.45, 2.75) is 26.3 Å². The first-order valence-electron chi connectivity index (χ1n) is 7.24. The number of nitrogens with one attached hydrogen (secondary N) is 2. The molecule has 0 saturated carbocycles. The molecule has 2 rings (SSSR count). The van der Waals surface area contributed by atoms with Gasteiger partial charge in [0, 0.05) is 13.0 Å². The first kappa shape index (κ1) is 15.8. The van der Waals surface area contributed by atoms with Crippen molar-refractivity contribution in [3.05, 3.63) is 59.5 Å². The number of aryl methyl sites for hydroxylation is 1. The minimum Gasteiger partial charge on any atom is -0.469 e. The molecule has 116 valence electrons. The average Bonchev–Trinajstić information content (AvgIpc) is 2.94. The van der Waals surface area contributed by atoms with Gasteiger partial charge in [-0.25, -0.2) is 0 Å². The molecular formula is C17H20N2O3. The summed E-state index contributed by atoms with van der Waals surface area (Å²) in [7, 11) is 0.